The highest BCUT2D eigenvalue weighted by atomic mass is 35.5. The fraction of sp³-hybridized carbons (Fsp3) is 0.381. The summed E-state index contributed by atoms with van der Waals surface area (Å²) in [5.41, 5.74) is 0.0256. The Kier molecular flexibility index (Phi) is 6.59. The topological polar surface area (TPSA) is 80.6 Å². The van der Waals surface area contributed by atoms with Crippen molar-refractivity contribution >= 4 is 29.1 Å². The van der Waals surface area contributed by atoms with Crippen molar-refractivity contribution in [1.29, 1.82) is 0 Å². The Morgan fingerprint density at radius 3 is 2.52 bits per heavy atom. The number of benzene rings is 1. The lowest BCUT2D eigenvalue weighted by Gasteiger charge is -2.30. The summed E-state index contributed by atoms with van der Waals surface area (Å²) in [7, 11) is 1.55. The van der Waals surface area contributed by atoms with Gasteiger partial charge in [0, 0.05) is 31.4 Å². The summed E-state index contributed by atoms with van der Waals surface area (Å²) in [5, 5.41) is 3.11. The van der Waals surface area contributed by atoms with Crippen LogP contribution in [0.4, 0.5) is 5.69 Å². The van der Waals surface area contributed by atoms with Gasteiger partial charge in [0.15, 0.2) is 6.61 Å². The summed E-state index contributed by atoms with van der Waals surface area (Å²) in [6.45, 7) is 3.29. The van der Waals surface area contributed by atoms with Crippen LogP contribution in [0.2, 0.25) is 5.02 Å². The van der Waals surface area contributed by atoms with Crippen molar-refractivity contribution in [2.24, 2.45) is 13.0 Å². The van der Waals surface area contributed by atoms with E-state index < -0.39 is 11.5 Å². The number of carbonyl (C=O) groups excluding carboxylic acids is 2. The molecule has 0 unspecified atom stereocenters. The summed E-state index contributed by atoms with van der Waals surface area (Å²) in [4.78, 5) is 39.2. The van der Waals surface area contributed by atoms with E-state index >= 15 is 0 Å². The molecule has 0 radical (unpaired) electrons. The van der Waals surface area contributed by atoms with Crippen LogP contribution in [0.1, 0.15) is 30.1 Å². The van der Waals surface area contributed by atoms with E-state index in [1.54, 1.807) is 36.2 Å². The molecule has 2 heterocycles. The average molecular weight is 418 g/mol. The first kappa shape index (κ1) is 20.9. The van der Waals surface area contributed by atoms with E-state index in [1.807, 2.05) is 0 Å². The van der Waals surface area contributed by atoms with Crippen LogP contribution in [0.3, 0.4) is 0 Å². The average Bonchev–Trinajstić information content (AvgIpc) is 2.71. The molecular formula is C21H24ClN3O4. The maximum atomic E-state index is 12.8. The first-order valence-electron chi connectivity index (χ1n) is 9.51. The number of nitrogens with zero attached hydrogens (tertiary/aromatic N) is 2. The van der Waals surface area contributed by atoms with Crippen LogP contribution < -0.4 is 15.6 Å². The lowest BCUT2D eigenvalue weighted by Crippen LogP contribution is -2.38. The minimum absolute atomic E-state index is 0.0495. The quantitative estimate of drug-likeness (QED) is 0.811. The lowest BCUT2D eigenvalue weighted by molar-refractivity contribution is -0.118. The zero-order chi connectivity index (χ0) is 21.0. The molecule has 1 aliphatic rings. The molecule has 29 heavy (non-hydrogen) atoms. The maximum absolute atomic E-state index is 12.8. The number of hydrogen-bond donors (Lipinski definition) is 1. The fourth-order valence-corrected chi connectivity index (χ4v) is 3.30. The molecule has 1 aromatic carbocycles. The van der Waals surface area contributed by atoms with Crippen LogP contribution >= 0.6 is 11.6 Å². The third-order valence-electron chi connectivity index (χ3n) is 4.96. The highest BCUT2D eigenvalue weighted by Gasteiger charge is 2.23. The van der Waals surface area contributed by atoms with Gasteiger partial charge in [-0.3, -0.25) is 14.4 Å². The Labute approximate surface area is 174 Å². The summed E-state index contributed by atoms with van der Waals surface area (Å²) < 4.78 is 6.69. The van der Waals surface area contributed by atoms with Crippen molar-refractivity contribution in [2.45, 2.75) is 19.8 Å². The first-order chi connectivity index (χ1) is 13.8. The third-order valence-corrected chi connectivity index (χ3v) is 5.21. The van der Waals surface area contributed by atoms with Gasteiger partial charge in [0.25, 0.3) is 17.4 Å². The van der Waals surface area contributed by atoms with E-state index in [1.165, 1.54) is 16.8 Å². The van der Waals surface area contributed by atoms with Crippen LogP contribution in [0.5, 0.6) is 5.75 Å². The third kappa shape index (κ3) is 5.38. The highest BCUT2D eigenvalue weighted by molar-refractivity contribution is 6.30. The van der Waals surface area contributed by atoms with Crippen molar-refractivity contribution in [1.82, 2.24) is 9.47 Å². The minimum Gasteiger partial charge on any atom is -0.484 e. The van der Waals surface area contributed by atoms with Gasteiger partial charge in [0.1, 0.15) is 11.4 Å². The number of aryl methyl sites for hydroxylation is 1. The molecule has 1 aromatic heterocycles. The largest absolute Gasteiger partial charge is 0.484 e. The molecule has 7 nitrogen and oxygen atoms in total. The van der Waals surface area contributed by atoms with Crippen molar-refractivity contribution in [3.63, 3.8) is 0 Å². The maximum Gasteiger partial charge on any atom is 0.274 e. The fourth-order valence-electron chi connectivity index (χ4n) is 3.18. The van der Waals surface area contributed by atoms with Gasteiger partial charge in [-0.2, -0.15) is 0 Å². The van der Waals surface area contributed by atoms with Crippen molar-refractivity contribution in [2.75, 3.05) is 25.0 Å². The number of pyridine rings is 1. The van der Waals surface area contributed by atoms with E-state index in [0.29, 0.717) is 35.3 Å². The second-order valence-electron chi connectivity index (χ2n) is 7.32. The molecular weight excluding hydrogens is 394 g/mol. The molecule has 1 saturated heterocycles. The standard InChI is InChI=1S/C21H24ClN3O4/c1-14-7-9-25(10-8-14)20(27)15-11-18(21(28)24(2)12-15)23-19(26)13-29-17-5-3-16(22)4-6-17/h3-6,11-12,14H,7-10,13H2,1-2H3,(H,23,26). The van der Waals surface area contributed by atoms with Gasteiger partial charge in [-0.1, -0.05) is 18.5 Å². The molecule has 8 heteroatoms. The van der Waals surface area contributed by atoms with E-state index in [4.69, 9.17) is 16.3 Å². The Balaban J connectivity index is 1.68. The van der Waals surface area contributed by atoms with E-state index in [0.717, 1.165) is 12.8 Å². The number of rotatable bonds is 5. The molecule has 154 valence electrons. The summed E-state index contributed by atoms with van der Waals surface area (Å²) >= 11 is 5.81. The summed E-state index contributed by atoms with van der Waals surface area (Å²) in [6.07, 6.45) is 3.43. The number of halogens is 1. The minimum atomic E-state index is -0.492. The highest BCUT2D eigenvalue weighted by Crippen LogP contribution is 2.19. The smallest absolute Gasteiger partial charge is 0.274 e. The van der Waals surface area contributed by atoms with Gasteiger partial charge in [0.2, 0.25) is 0 Å². The van der Waals surface area contributed by atoms with E-state index in [2.05, 4.69) is 12.2 Å². The Morgan fingerprint density at radius 2 is 1.86 bits per heavy atom. The van der Waals surface area contributed by atoms with E-state index in [-0.39, 0.29) is 18.2 Å². The normalized spacial score (nSPS) is 14.5. The molecule has 1 fully saturated rings. The van der Waals surface area contributed by atoms with E-state index in [9.17, 15) is 14.4 Å². The number of piperidine rings is 1. The number of carbonyl (C=O) groups is 2. The van der Waals surface area contributed by atoms with Crippen LogP contribution in [0.15, 0.2) is 41.3 Å². The Morgan fingerprint density at radius 1 is 1.21 bits per heavy atom. The molecule has 1 N–H and O–H groups in total. The van der Waals surface area contributed by atoms with Gasteiger partial charge in [-0.15, -0.1) is 0 Å². The van der Waals surface area contributed by atoms with Gasteiger partial charge < -0.3 is 19.5 Å². The van der Waals surface area contributed by atoms with Gasteiger partial charge in [-0.25, -0.2) is 0 Å². The van der Waals surface area contributed by atoms with Crippen molar-refractivity contribution in [3.05, 3.63) is 57.5 Å². The number of ether oxygens (including phenoxy) is 1. The first-order valence-corrected chi connectivity index (χ1v) is 9.89. The van der Waals surface area contributed by atoms with Crippen molar-refractivity contribution < 1.29 is 14.3 Å². The molecule has 0 atom stereocenters. The van der Waals surface area contributed by atoms with Crippen LogP contribution in [-0.4, -0.2) is 41.0 Å². The monoisotopic (exact) mass is 417 g/mol. The number of nitrogens with one attached hydrogen (secondary N) is 1. The second kappa shape index (κ2) is 9.13. The summed E-state index contributed by atoms with van der Waals surface area (Å²) in [5.74, 6) is 0.462. The van der Waals surface area contributed by atoms with Gasteiger partial charge in [0.05, 0.1) is 5.56 Å². The number of hydrogen-bond acceptors (Lipinski definition) is 4. The van der Waals surface area contributed by atoms with Crippen LogP contribution in [-0.2, 0) is 11.8 Å². The Bertz CT molecular complexity index is 947. The zero-order valence-corrected chi connectivity index (χ0v) is 17.2. The van der Waals surface area contributed by atoms with Gasteiger partial charge in [-0.05, 0) is 49.1 Å². The van der Waals surface area contributed by atoms with Gasteiger partial charge >= 0.3 is 0 Å². The SMILES string of the molecule is CC1CCN(C(=O)c2cc(NC(=O)COc3ccc(Cl)cc3)c(=O)n(C)c2)CC1. The number of amides is 2. The molecule has 0 saturated carbocycles. The zero-order valence-electron chi connectivity index (χ0n) is 16.5. The molecule has 0 bridgehead atoms. The number of likely N-dealkylation sites (tertiary alicyclic amines) is 1. The van der Waals surface area contributed by atoms with Crippen molar-refractivity contribution in [3.8, 4) is 5.75 Å². The summed E-state index contributed by atoms with van der Waals surface area (Å²) in [6, 6.07) is 8.03. The number of aromatic nitrogens is 1. The van der Waals surface area contributed by atoms with Crippen LogP contribution in [0.25, 0.3) is 0 Å². The lowest BCUT2D eigenvalue weighted by atomic mass is 9.99. The molecule has 0 aliphatic carbocycles. The predicted molar refractivity (Wildman–Crippen MR) is 112 cm³/mol. The predicted octanol–water partition coefficient (Wildman–Crippen LogP) is 2.93. The molecule has 3 rings (SSSR count). The molecule has 2 aromatic rings. The second-order valence-corrected chi connectivity index (χ2v) is 7.76. The molecule has 0 spiro atoms. The molecule has 2 amide bonds. The van der Waals surface area contributed by atoms with Crippen LogP contribution in [0, 0.1) is 5.92 Å². The Hall–Kier alpha value is -2.80. The number of anilines is 1. The molecule has 1 aliphatic heterocycles.